The Morgan fingerprint density at radius 3 is 2.33 bits per heavy atom. The van der Waals surface area contributed by atoms with Crippen LogP contribution in [0, 0.1) is 0 Å². The summed E-state index contributed by atoms with van der Waals surface area (Å²) in [5, 5.41) is 0. The monoisotopic (exact) mass is 299 g/mol. The lowest BCUT2D eigenvalue weighted by Crippen LogP contribution is -2.41. The second-order valence-corrected chi connectivity index (χ2v) is 5.05. The Morgan fingerprint density at radius 1 is 1.10 bits per heavy atom. The molecule has 0 N–H and O–H groups in total. The molecule has 0 radical (unpaired) electrons. The van der Waals surface area contributed by atoms with E-state index < -0.39 is 6.09 Å². The molecule has 7 nitrogen and oxygen atoms in total. The Bertz CT molecular complexity index is 350. The highest BCUT2D eigenvalue weighted by molar-refractivity contribution is 5.91. The molecule has 120 valence electrons. The number of morpholine rings is 2. The van der Waals surface area contributed by atoms with Gasteiger partial charge in [0.1, 0.15) is 12.4 Å². The molecule has 2 aliphatic rings. The fraction of sp³-hybridized carbons (Fsp3) is 0.857. The summed E-state index contributed by atoms with van der Waals surface area (Å²) in [6.07, 6.45) is 0.227. The first-order valence-electron chi connectivity index (χ1n) is 7.66. The fourth-order valence-electron chi connectivity index (χ4n) is 2.42. The van der Waals surface area contributed by atoms with Crippen LogP contribution < -0.4 is 0 Å². The van der Waals surface area contributed by atoms with Crippen molar-refractivity contribution in [2.45, 2.75) is 13.3 Å². The van der Waals surface area contributed by atoms with Crippen LogP contribution in [0.4, 0.5) is 4.79 Å². The third-order valence-electron chi connectivity index (χ3n) is 3.65. The molecule has 2 fully saturated rings. The minimum atomic E-state index is -0.494. The number of rotatable bonds is 4. The van der Waals surface area contributed by atoms with Crippen LogP contribution in [-0.2, 0) is 14.2 Å². The van der Waals surface area contributed by atoms with Gasteiger partial charge in [0.2, 0.25) is 0 Å². The van der Waals surface area contributed by atoms with E-state index in [-0.39, 0.29) is 0 Å². The first-order chi connectivity index (χ1) is 10.3. The van der Waals surface area contributed by atoms with Gasteiger partial charge in [0.25, 0.3) is 0 Å². The van der Waals surface area contributed by atoms with Gasteiger partial charge in [0, 0.05) is 39.1 Å². The number of amidine groups is 1. The highest BCUT2D eigenvalue weighted by Crippen LogP contribution is 2.03. The minimum absolute atomic E-state index is 0.377. The number of amides is 1. The van der Waals surface area contributed by atoms with Crippen molar-refractivity contribution < 1.29 is 19.0 Å². The lowest BCUT2D eigenvalue weighted by atomic mass is 10.3. The Balaban J connectivity index is 1.71. The molecule has 2 saturated heterocycles. The average Bonchev–Trinajstić information content (AvgIpc) is 2.54. The van der Waals surface area contributed by atoms with Crippen LogP contribution in [0.5, 0.6) is 0 Å². The first-order valence-corrected chi connectivity index (χ1v) is 7.66. The molecule has 0 bridgehead atoms. The minimum Gasteiger partial charge on any atom is -0.447 e. The Labute approximate surface area is 125 Å². The van der Waals surface area contributed by atoms with Crippen LogP contribution in [0.25, 0.3) is 0 Å². The lowest BCUT2D eigenvalue weighted by Gasteiger charge is -2.29. The van der Waals surface area contributed by atoms with Crippen LogP contribution in [0.3, 0.4) is 0 Å². The SMILES string of the molecule is CCC(=NC(=O)OCCN1CCOCC1)N1CCOCC1. The van der Waals surface area contributed by atoms with Gasteiger partial charge in [-0.25, -0.2) is 4.79 Å². The smallest absolute Gasteiger partial charge is 0.435 e. The maximum atomic E-state index is 11.8. The van der Waals surface area contributed by atoms with Crippen LogP contribution in [-0.4, -0.2) is 87.5 Å². The van der Waals surface area contributed by atoms with E-state index in [4.69, 9.17) is 14.2 Å². The van der Waals surface area contributed by atoms with E-state index in [1.165, 1.54) is 0 Å². The van der Waals surface area contributed by atoms with Crippen molar-refractivity contribution in [3.8, 4) is 0 Å². The summed E-state index contributed by atoms with van der Waals surface area (Å²) in [7, 11) is 0. The molecular formula is C14H25N3O4. The molecule has 21 heavy (non-hydrogen) atoms. The number of aliphatic imine (C=N–C) groups is 1. The molecule has 2 aliphatic heterocycles. The predicted molar refractivity (Wildman–Crippen MR) is 78.7 cm³/mol. The highest BCUT2D eigenvalue weighted by atomic mass is 16.5. The maximum Gasteiger partial charge on any atom is 0.435 e. The zero-order valence-corrected chi connectivity index (χ0v) is 12.8. The van der Waals surface area contributed by atoms with Gasteiger partial charge in [-0.2, -0.15) is 4.99 Å². The molecule has 7 heteroatoms. The third-order valence-corrected chi connectivity index (χ3v) is 3.65. The van der Waals surface area contributed by atoms with Crippen LogP contribution in [0.15, 0.2) is 4.99 Å². The van der Waals surface area contributed by atoms with E-state index in [1.54, 1.807) is 0 Å². The average molecular weight is 299 g/mol. The second-order valence-electron chi connectivity index (χ2n) is 5.05. The number of carbonyl (C=O) groups excluding carboxylic acids is 1. The van der Waals surface area contributed by atoms with E-state index in [9.17, 15) is 4.79 Å². The lowest BCUT2D eigenvalue weighted by molar-refractivity contribution is 0.0287. The van der Waals surface area contributed by atoms with E-state index >= 15 is 0 Å². The topological polar surface area (TPSA) is 63.6 Å². The fourth-order valence-corrected chi connectivity index (χ4v) is 2.42. The molecule has 0 aliphatic carbocycles. The van der Waals surface area contributed by atoms with Crippen molar-refractivity contribution >= 4 is 11.9 Å². The Morgan fingerprint density at radius 2 is 1.71 bits per heavy atom. The van der Waals surface area contributed by atoms with Crippen molar-refractivity contribution in [2.24, 2.45) is 4.99 Å². The first kappa shape index (κ1) is 16.2. The molecule has 0 aromatic rings. The summed E-state index contributed by atoms with van der Waals surface area (Å²) < 4.78 is 15.8. The molecule has 0 saturated carbocycles. The Hall–Kier alpha value is -1.18. The van der Waals surface area contributed by atoms with E-state index in [2.05, 4.69) is 14.8 Å². The maximum absolute atomic E-state index is 11.8. The van der Waals surface area contributed by atoms with Crippen molar-refractivity contribution in [1.82, 2.24) is 9.80 Å². The summed E-state index contributed by atoms with van der Waals surface area (Å²) in [5.41, 5.74) is 0. The second kappa shape index (κ2) is 8.96. The quantitative estimate of drug-likeness (QED) is 0.559. The third kappa shape index (κ3) is 5.61. The number of ether oxygens (including phenoxy) is 3. The van der Waals surface area contributed by atoms with Crippen molar-refractivity contribution in [3.63, 3.8) is 0 Å². The van der Waals surface area contributed by atoms with Gasteiger partial charge in [0.15, 0.2) is 0 Å². The van der Waals surface area contributed by atoms with Gasteiger partial charge in [-0.05, 0) is 0 Å². The summed E-state index contributed by atoms with van der Waals surface area (Å²) in [6, 6.07) is 0. The zero-order valence-electron chi connectivity index (χ0n) is 12.8. The van der Waals surface area contributed by atoms with E-state index in [1.807, 2.05) is 6.92 Å². The molecule has 2 heterocycles. The molecule has 0 aromatic heterocycles. The van der Waals surface area contributed by atoms with Crippen molar-refractivity contribution in [1.29, 1.82) is 0 Å². The molecule has 1 amide bonds. The summed E-state index contributed by atoms with van der Waals surface area (Å²) in [5.74, 6) is 0.787. The zero-order chi connectivity index (χ0) is 14.9. The number of carbonyl (C=O) groups is 1. The summed E-state index contributed by atoms with van der Waals surface area (Å²) in [4.78, 5) is 20.2. The van der Waals surface area contributed by atoms with E-state index in [0.717, 1.165) is 58.2 Å². The van der Waals surface area contributed by atoms with Gasteiger partial charge in [-0.15, -0.1) is 0 Å². The number of hydrogen-bond donors (Lipinski definition) is 0. The van der Waals surface area contributed by atoms with Gasteiger partial charge in [-0.1, -0.05) is 6.92 Å². The number of nitrogens with zero attached hydrogens (tertiary/aromatic N) is 3. The number of hydrogen-bond acceptors (Lipinski definition) is 5. The largest absolute Gasteiger partial charge is 0.447 e. The van der Waals surface area contributed by atoms with Crippen molar-refractivity contribution in [2.75, 3.05) is 65.8 Å². The predicted octanol–water partition coefficient (Wildman–Crippen LogP) is 0.596. The highest BCUT2D eigenvalue weighted by Gasteiger charge is 2.16. The van der Waals surface area contributed by atoms with Crippen LogP contribution in [0.2, 0.25) is 0 Å². The van der Waals surface area contributed by atoms with Crippen LogP contribution >= 0.6 is 0 Å². The molecule has 0 unspecified atom stereocenters. The Kier molecular flexibility index (Phi) is 6.91. The summed E-state index contributed by atoms with van der Waals surface area (Å²) in [6.45, 7) is 9.36. The van der Waals surface area contributed by atoms with Gasteiger partial charge >= 0.3 is 6.09 Å². The molecular weight excluding hydrogens is 274 g/mol. The van der Waals surface area contributed by atoms with Crippen LogP contribution in [0.1, 0.15) is 13.3 Å². The van der Waals surface area contributed by atoms with Gasteiger partial charge in [-0.3, -0.25) is 4.90 Å². The molecule has 0 atom stereocenters. The normalized spacial score (nSPS) is 21.4. The van der Waals surface area contributed by atoms with Gasteiger partial charge in [0.05, 0.1) is 26.4 Å². The molecule has 2 rings (SSSR count). The van der Waals surface area contributed by atoms with Gasteiger partial charge < -0.3 is 19.1 Å². The molecule has 0 aromatic carbocycles. The molecule has 0 spiro atoms. The van der Waals surface area contributed by atoms with Crippen molar-refractivity contribution in [3.05, 3.63) is 0 Å². The summed E-state index contributed by atoms with van der Waals surface area (Å²) >= 11 is 0. The van der Waals surface area contributed by atoms with E-state index in [0.29, 0.717) is 19.8 Å². The standard InChI is InChI=1S/C14H25N3O4/c1-2-13(17-6-10-20-11-7-17)15-14(18)21-12-5-16-3-8-19-9-4-16/h2-12H2,1H3.